The fourth-order valence-corrected chi connectivity index (χ4v) is 3.46. The largest absolute Gasteiger partial charge is 0.454 e. The third-order valence-corrected chi connectivity index (χ3v) is 5.00. The van der Waals surface area contributed by atoms with Crippen molar-refractivity contribution in [3.05, 3.63) is 0 Å². The molecule has 146 valence electrons. The Bertz CT molecular complexity index is 567. The van der Waals surface area contributed by atoms with E-state index in [2.05, 4.69) is 10.6 Å². The average molecular weight is 369 g/mol. The molecule has 0 bridgehead atoms. The number of rotatable bonds is 8. The minimum absolute atomic E-state index is 0.0200. The number of carbonyl (C=O) groups excluding carboxylic acids is 4. The van der Waals surface area contributed by atoms with Crippen LogP contribution in [0.3, 0.4) is 0 Å². The molecule has 2 fully saturated rings. The lowest BCUT2D eigenvalue weighted by atomic mass is 9.73. The molecule has 1 saturated carbocycles. The second-order valence-corrected chi connectivity index (χ2v) is 6.80. The molecule has 0 aromatic carbocycles. The molecule has 4 amide bonds. The van der Waals surface area contributed by atoms with Gasteiger partial charge in [-0.3, -0.25) is 19.3 Å². The molecule has 1 saturated heterocycles. The van der Waals surface area contributed by atoms with Crippen molar-refractivity contribution in [3.8, 4) is 0 Å². The smallest absolute Gasteiger partial charge is 0.326 e. The Morgan fingerprint density at radius 1 is 1.35 bits per heavy atom. The Morgan fingerprint density at radius 2 is 2.12 bits per heavy atom. The standard InChI is InChI=1S/C17H27N3O6/c1-12-6-3-4-7-17(12)15(23)20(16(24)19-17)10-14(22)26-11-13(21)18-8-5-9-25-2/h12H,3-11H2,1-2H3,(H,18,21)(H,19,24)/t12-,17-/m0/s1. The first-order chi connectivity index (χ1) is 12.4. The zero-order chi connectivity index (χ0) is 19.2. The summed E-state index contributed by atoms with van der Waals surface area (Å²) in [6.07, 6.45) is 3.96. The van der Waals surface area contributed by atoms with Gasteiger partial charge in [-0.05, 0) is 25.2 Å². The third kappa shape index (κ3) is 4.51. The maximum absolute atomic E-state index is 12.7. The van der Waals surface area contributed by atoms with E-state index in [1.807, 2.05) is 6.92 Å². The topological polar surface area (TPSA) is 114 Å². The molecule has 1 aliphatic carbocycles. The van der Waals surface area contributed by atoms with Gasteiger partial charge in [-0.15, -0.1) is 0 Å². The molecule has 1 aliphatic heterocycles. The number of carbonyl (C=O) groups is 4. The van der Waals surface area contributed by atoms with E-state index in [1.54, 1.807) is 7.11 Å². The Kier molecular flexibility index (Phi) is 6.96. The monoisotopic (exact) mass is 369 g/mol. The van der Waals surface area contributed by atoms with Crippen LogP contribution in [-0.2, 0) is 23.9 Å². The van der Waals surface area contributed by atoms with E-state index in [-0.39, 0.29) is 11.8 Å². The number of nitrogens with one attached hydrogen (secondary N) is 2. The van der Waals surface area contributed by atoms with E-state index in [0.29, 0.717) is 26.0 Å². The van der Waals surface area contributed by atoms with Gasteiger partial charge < -0.3 is 20.1 Å². The second kappa shape index (κ2) is 8.98. The molecule has 0 unspecified atom stereocenters. The number of urea groups is 1. The highest BCUT2D eigenvalue weighted by Gasteiger charge is 2.55. The normalized spacial score (nSPS) is 25.3. The zero-order valence-corrected chi connectivity index (χ0v) is 15.3. The predicted octanol–water partition coefficient (Wildman–Crippen LogP) is 0.183. The lowest BCUT2D eigenvalue weighted by Crippen LogP contribution is -2.54. The van der Waals surface area contributed by atoms with Crippen LogP contribution < -0.4 is 10.6 Å². The minimum Gasteiger partial charge on any atom is -0.454 e. The Labute approximate surface area is 152 Å². The first kappa shape index (κ1) is 20.2. The molecule has 1 spiro atoms. The molecular formula is C17H27N3O6. The van der Waals surface area contributed by atoms with Crippen molar-refractivity contribution in [1.82, 2.24) is 15.5 Å². The average Bonchev–Trinajstić information content (AvgIpc) is 2.84. The number of hydrogen-bond donors (Lipinski definition) is 2. The summed E-state index contributed by atoms with van der Waals surface area (Å²) in [5.41, 5.74) is -0.908. The van der Waals surface area contributed by atoms with Crippen LogP contribution in [-0.4, -0.2) is 67.7 Å². The third-order valence-electron chi connectivity index (χ3n) is 5.00. The van der Waals surface area contributed by atoms with Gasteiger partial charge in [-0.2, -0.15) is 0 Å². The van der Waals surface area contributed by atoms with E-state index in [9.17, 15) is 19.2 Å². The van der Waals surface area contributed by atoms with Crippen LogP contribution in [0.1, 0.15) is 39.0 Å². The number of nitrogens with zero attached hydrogens (tertiary/aromatic N) is 1. The Morgan fingerprint density at radius 3 is 2.81 bits per heavy atom. The van der Waals surface area contributed by atoms with Crippen molar-refractivity contribution in [2.45, 2.75) is 44.6 Å². The molecule has 1 heterocycles. The van der Waals surface area contributed by atoms with Crippen molar-refractivity contribution in [3.63, 3.8) is 0 Å². The number of methoxy groups -OCH3 is 1. The summed E-state index contributed by atoms with van der Waals surface area (Å²) in [4.78, 5) is 49.3. The van der Waals surface area contributed by atoms with Gasteiger partial charge in [0, 0.05) is 20.3 Å². The first-order valence-electron chi connectivity index (χ1n) is 8.96. The van der Waals surface area contributed by atoms with Gasteiger partial charge in [-0.1, -0.05) is 19.8 Å². The minimum atomic E-state index is -0.908. The highest BCUT2D eigenvalue weighted by atomic mass is 16.5. The molecule has 26 heavy (non-hydrogen) atoms. The summed E-state index contributed by atoms with van der Waals surface area (Å²) in [5.74, 6) is -1.59. The van der Waals surface area contributed by atoms with E-state index >= 15 is 0 Å². The molecule has 0 aromatic heterocycles. The maximum atomic E-state index is 12.7. The van der Waals surface area contributed by atoms with Gasteiger partial charge in [-0.25, -0.2) is 4.79 Å². The van der Waals surface area contributed by atoms with E-state index in [4.69, 9.17) is 9.47 Å². The fourth-order valence-electron chi connectivity index (χ4n) is 3.46. The van der Waals surface area contributed by atoms with Crippen molar-refractivity contribution < 1.29 is 28.7 Å². The lowest BCUT2D eigenvalue weighted by Gasteiger charge is -2.36. The Balaban J connectivity index is 1.80. The number of amides is 4. The summed E-state index contributed by atoms with van der Waals surface area (Å²) in [6.45, 7) is 1.93. The fraction of sp³-hybridized carbons (Fsp3) is 0.765. The molecule has 0 aromatic rings. The van der Waals surface area contributed by atoms with E-state index in [0.717, 1.165) is 24.2 Å². The summed E-state index contributed by atoms with van der Waals surface area (Å²) < 4.78 is 9.73. The molecule has 9 heteroatoms. The molecule has 2 atom stereocenters. The van der Waals surface area contributed by atoms with Crippen LogP contribution in [0.5, 0.6) is 0 Å². The van der Waals surface area contributed by atoms with Gasteiger partial charge >= 0.3 is 12.0 Å². The van der Waals surface area contributed by atoms with Gasteiger partial charge in [0.2, 0.25) is 0 Å². The number of imide groups is 1. The van der Waals surface area contributed by atoms with Crippen LogP contribution in [0, 0.1) is 5.92 Å². The van der Waals surface area contributed by atoms with Crippen molar-refractivity contribution in [2.75, 3.05) is 33.4 Å². The van der Waals surface area contributed by atoms with Crippen molar-refractivity contribution in [1.29, 1.82) is 0 Å². The molecular weight excluding hydrogens is 342 g/mol. The first-order valence-corrected chi connectivity index (χ1v) is 8.96. The molecule has 2 N–H and O–H groups in total. The summed E-state index contributed by atoms with van der Waals surface area (Å²) >= 11 is 0. The number of hydrogen-bond acceptors (Lipinski definition) is 6. The molecule has 0 radical (unpaired) electrons. The van der Waals surface area contributed by atoms with Crippen LogP contribution >= 0.6 is 0 Å². The second-order valence-electron chi connectivity index (χ2n) is 6.80. The van der Waals surface area contributed by atoms with Gasteiger partial charge in [0.05, 0.1) is 0 Å². The van der Waals surface area contributed by atoms with Gasteiger partial charge in [0.15, 0.2) is 6.61 Å². The SMILES string of the molecule is COCCCNC(=O)COC(=O)CN1C(=O)N[C@]2(CCCC[C@@H]2C)C1=O. The number of esters is 1. The predicted molar refractivity (Wildman–Crippen MR) is 91.1 cm³/mol. The highest BCUT2D eigenvalue weighted by Crippen LogP contribution is 2.38. The van der Waals surface area contributed by atoms with Crippen molar-refractivity contribution >= 4 is 23.8 Å². The number of ether oxygens (including phenoxy) is 2. The molecule has 2 aliphatic rings. The zero-order valence-electron chi connectivity index (χ0n) is 15.3. The van der Waals surface area contributed by atoms with Crippen LogP contribution in [0.2, 0.25) is 0 Å². The summed E-state index contributed by atoms with van der Waals surface area (Å²) in [7, 11) is 1.57. The van der Waals surface area contributed by atoms with E-state index in [1.165, 1.54) is 0 Å². The van der Waals surface area contributed by atoms with Crippen LogP contribution in [0.25, 0.3) is 0 Å². The highest BCUT2D eigenvalue weighted by molar-refractivity contribution is 6.09. The van der Waals surface area contributed by atoms with Crippen LogP contribution in [0.15, 0.2) is 0 Å². The quantitative estimate of drug-likeness (QED) is 0.358. The van der Waals surface area contributed by atoms with Gasteiger partial charge in [0.25, 0.3) is 11.8 Å². The van der Waals surface area contributed by atoms with Crippen LogP contribution in [0.4, 0.5) is 4.79 Å². The summed E-state index contributed by atoms with van der Waals surface area (Å²) in [5, 5.41) is 5.35. The maximum Gasteiger partial charge on any atom is 0.326 e. The molecule has 2 rings (SSSR count). The van der Waals surface area contributed by atoms with Gasteiger partial charge in [0.1, 0.15) is 12.1 Å². The van der Waals surface area contributed by atoms with E-state index < -0.39 is 36.6 Å². The lowest BCUT2D eigenvalue weighted by molar-refractivity contribution is -0.151. The van der Waals surface area contributed by atoms with Crippen molar-refractivity contribution in [2.24, 2.45) is 5.92 Å². The Hall–Kier alpha value is -2.16. The summed E-state index contributed by atoms with van der Waals surface area (Å²) in [6, 6.07) is -0.579. The molecule has 9 nitrogen and oxygen atoms in total.